The number of nitrogens with two attached hydrogens (primary N) is 1. The van der Waals surface area contributed by atoms with Gasteiger partial charge in [0, 0.05) is 5.56 Å². The average molecular weight is 339 g/mol. The molecule has 0 spiro atoms. The Hall–Kier alpha value is -2.61. The minimum Gasteiger partial charge on any atom is -0.479 e. The summed E-state index contributed by atoms with van der Waals surface area (Å²) in [4.78, 5) is 34.0. The summed E-state index contributed by atoms with van der Waals surface area (Å²) in [5.74, 6) is -2.69. The van der Waals surface area contributed by atoms with Crippen LogP contribution in [-0.2, 0) is 9.59 Å². The number of rotatable bonds is 10. The molecule has 0 atom stereocenters. The number of carbonyl (C=O) groups excluding carboxylic acids is 1. The molecule has 1 aromatic rings. The van der Waals surface area contributed by atoms with Gasteiger partial charge >= 0.3 is 11.9 Å². The highest BCUT2D eigenvalue weighted by Gasteiger charge is 2.38. The van der Waals surface area contributed by atoms with E-state index in [1.54, 1.807) is 13.8 Å². The molecule has 0 unspecified atom stereocenters. The van der Waals surface area contributed by atoms with Gasteiger partial charge < -0.3 is 25.4 Å². The van der Waals surface area contributed by atoms with E-state index < -0.39 is 24.1 Å². The van der Waals surface area contributed by atoms with Crippen molar-refractivity contribution in [3.05, 3.63) is 23.8 Å². The van der Waals surface area contributed by atoms with Crippen molar-refractivity contribution < 1.29 is 34.1 Å². The Labute approximate surface area is 139 Å². The average Bonchev–Trinajstić information content (AvgIpc) is 2.57. The standard InChI is InChI=1S/C16H21NO7/c1-3-16(4-2,15(21)22)24-12-6-5-10(11(18)8-17)7-13(12)23-9-14(19)20/h5-7H,3-4,8-9,17H2,1-2H3,(H,19,20)(H,21,22). The van der Waals surface area contributed by atoms with Crippen LogP contribution in [0.15, 0.2) is 18.2 Å². The number of carboxylic acids is 2. The SMILES string of the molecule is CCC(CC)(Oc1ccc(C(=O)CN)cc1OCC(=O)O)C(=O)O. The minimum absolute atomic E-state index is 0.0239. The lowest BCUT2D eigenvalue weighted by atomic mass is 9.97. The Balaban J connectivity index is 3.26. The van der Waals surface area contributed by atoms with Gasteiger partial charge in [0.15, 0.2) is 23.9 Å². The van der Waals surface area contributed by atoms with Crippen LogP contribution in [0.4, 0.5) is 0 Å². The fraction of sp³-hybridized carbons (Fsp3) is 0.438. The number of ketones is 1. The second-order valence-electron chi connectivity index (χ2n) is 5.08. The molecule has 0 bridgehead atoms. The third-order valence-electron chi connectivity index (χ3n) is 3.64. The van der Waals surface area contributed by atoms with Crippen molar-refractivity contribution in [2.75, 3.05) is 13.2 Å². The van der Waals surface area contributed by atoms with Gasteiger partial charge in [0.25, 0.3) is 0 Å². The molecule has 0 saturated heterocycles. The molecule has 0 aliphatic rings. The van der Waals surface area contributed by atoms with Gasteiger partial charge in [0.05, 0.1) is 6.54 Å². The van der Waals surface area contributed by atoms with E-state index >= 15 is 0 Å². The summed E-state index contributed by atoms with van der Waals surface area (Å²) in [6.07, 6.45) is 0.390. The van der Waals surface area contributed by atoms with Gasteiger partial charge in [0.1, 0.15) is 0 Å². The zero-order valence-corrected chi connectivity index (χ0v) is 13.6. The molecule has 24 heavy (non-hydrogen) atoms. The van der Waals surface area contributed by atoms with Gasteiger partial charge in [-0.3, -0.25) is 4.79 Å². The Morgan fingerprint density at radius 2 is 1.75 bits per heavy atom. The van der Waals surface area contributed by atoms with Gasteiger partial charge in [-0.2, -0.15) is 0 Å². The van der Waals surface area contributed by atoms with Crippen LogP contribution in [-0.4, -0.2) is 46.7 Å². The number of aliphatic carboxylic acids is 2. The van der Waals surface area contributed by atoms with E-state index in [0.717, 1.165) is 0 Å². The largest absolute Gasteiger partial charge is 0.479 e. The van der Waals surface area contributed by atoms with Gasteiger partial charge in [-0.05, 0) is 31.0 Å². The molecule has 0 aliphatic carbocycles. The molecular weight excluding hydrogens is 318 g/mol. The van der Waals surface area contributed by atoms with E-state index in [4.69, 9.17) is 20.3 Å². The van der Waals surface area contributed by atoms with Gasteiger partial charge in [0.2, 0.25) is 5.60 Å². The Morgan fingerprint density at radius 1 is 1.12 bits per heavy atom. The first-order valence-corrected chi connectivity index (χ1v) is 7.44. The van der Waals surface area contributed by atoms with Crippen molar-refractivity contribution in [3.8, 4) is 11.5 Å². The van der Waals surface area contributed by atoms with E-state index in [1.165, 1.54) is 18.2 Å². The molecule has 132 valence electrons. The fourth-order valence-corrected chi connectivity index (χ4v) is 2.09. The van der Waals surface area contributed by atoms with E-state index in [9.17, 15) is 19.5 Å². The number of benzene rings is 1. The molecule has 4 N–H and O–H groups in total. The maximum absolute atomic E-state index is 11.7. The second-order valence-corrected chi connectivity index (χ2v) is 5.08. The molecule has 8 heteroatoms. The topological polar surface area (TPSA) is 136 Å². The molecule has 0 heterocycles. The molecule has 0 aromatic heterocycles. The highest BCUT2D eigenvalue weighted by molar-refractivity contribution is 5.98. The van der Waals surface area contributed by atoms with Gasteiger partial charge in [-0.25, -0.2) is 9.59 Å². The van der Waals surface area contributed by atoms with Crippen LogP contribution in [0.3, 0.4) is 0 Å². The van der Waals surface area contributed by atoms with Crippen LogP contribution in [0.1, 0.15) is 37.0 Å². The second kappa shape index (κ2) is 8.30. The van der Waals surface area contributed by atoms with Crippen LogP contribution >= 0.6 is 0 Å². The molecule has 0 fully saturated rings. The summed E-state index contributed by atoms with van der Waals surface area (Å²) < 4.78 is 10.8. The normalized spacial score (nSPS) is 11.0. The monoisotopic (exact) mass is 339 g/mol. The Morgan fingerprint density at radius 3 is 2.21 bits per heavy atom. The van der Waals surface area contributed by atoms with Crippen molar-refractivity contribution in [3.63, 3.8) is 0 Å². The molecular formula is C16H21NO7. The summed E-state index contributed by atoms with van der Waals surface area (Å²) in [5, 5.41) is 18.2. The van der Waals surface area contributed by atoms with Gasteiger partial charge in [-0.15, -0.1) is 0 Å². The lowest BCUT2D eigenvalue weighted by Gasteiger charge is -2.29. The zero-order valence-electron chi connectivity index (χ0n) is 13.6. The van der Waals surface area contributed by atoms with Crippen molar-refractivity contribution in [1.82, 2.24) is 0 Å². The van der Waals surface area contributed by atoms with Crippen LogP contribution in [0.5, 0.6) is 11.5 Å². The number of hydrogen-bond acceptors (Lipinski definition) is 6. The molecule has 1 aromatic carbocycles. The summed E-state index contributed by atoms with van der Waals surface area (Å²) in [6.45, 7) is 2.46. The molecule has 0 amide bonds. The summed E-state index contributed by atoms with van der Waals surface area (Å²) in [7, 11) is 0. The van der Waals surface area contributed by atoms with E-state index in [2.05, 4.69) is 0 Å². The van der Waals surface area contributed by atoms with Crippen molar-refractivity contribution in [2.24, 2.45) is 5.73 Å². The first-order valence-electron chi connectivity index (χ1n) is 7.44. The van der Waals surface area contributed by atoms with E-state index in [1.807, 2.05) is 0 Å². The smallest absolute Gasteiger partial charge is 0.348 e. The number of Topliss-reactive ketones (excluding diaryl/α,β-unsaturated/α-hetero) is 1. The summed E-state index contributed by atoms with van der Waals surface area (Å²) >= 11 is 0. The predicted octanol–water partition coefficient (Wildman–Crippen LogP) is 1.31. The number of ether oxygens (including phenoxy) is 2. The lowest BCUT2D eigenvalue weighted by molar-refractivity contribution is -0.156. The lowest BCUT2D eigenvalue weighted by Crippen LogP contribution is -2.43. The molecule has 0 saturated carbocycles. The van der Waals surface area contributed by atoms with Crippen molar-refractivity contribution >= 4 is 17.7 Å². The number of carbonyl (C=O) groups is 3. The number of hydrogen-bond donors (Lipinski definition) is 3. The van der Waals surface area contributed by atoms with E-state index in [0.29, 0.717) is 0 Å². The van der Waals surface area contributed by atoms with E-state index in [-0.39, 0.29) is 42.2 Å². The van der Waals surface area contributed by atoms with Gasteiger partial charge in [-0.1, -0.05) is 13.8 Å². The van der Waals surface area contributed by atoms with Crippen molar-refractivity contribution in [2.45, 2.75) is 32.3 Å². The Bertz CT molecular complexity index is 623. The van der Waals surface area contributed by atoms with Crippen LogP contribution < -0.4 is 15.2 Å². The summed E-state index contributed by atoms with van der Waals surface area (Å²) in [5.41, 5.74) is 4.06. The molecule has 1 rings (SSSR count). The maximum Gasteiger partial charge on any atom is 0.348 e. The highest BCUT2D eigenvalue weighted by Crippen LogP contribution is 2.34. The quantitative estimate of drug-likeness (QED) is 0.543. The predicted molar refractivity (Wildman–Crippen MR) is 84.5 cm³/mol. The summed E-state index contributed by atoms with van der Waals surface area (Å²) in [6, 6.07) is 4.10. The first kappa shape index (κ1) is 19.4. The zero-order chi connectivity index (χ0) is 18.3. The maximum atomic E-state index is 11.7. The van der Waals surface area contributed by atoms with Crippen LogP contribution in [0, 0.1) is 0 Å². The van der Waals surface area contributed by atoms with Crippen LogP contribution in [0.25, 0.3) is 0 Å². The number of carboxylic acid groups (broad SMARTS) is 2. The first-order chi connectivity index (χ1) is 11.3. The molecule has 0 radical (unpaired) electrons. The molecule has 0 aliphatic heterocycles. The highest BCUT2D eigenvalue weighted by atomic mass is 16.6. The van der Waals surface area contributed by atoms with Crippen molar-refractivity contribution in [1.29, 1.82) is 0 Å². The third-order valence-corrected chi connectivity index (χ3v) is 3.64. The Kier molecular flexibility index (Phi) is 6.72. The molecule has 8 nitrogen and oxygen atoms in total. The fourth-order valence-electron chi connectivity index (χ4n) is 2.09. The third kappa shape index (κ3) is 4.45. The minimum atomic E-state index is -1.47. The van der Waals surface area contributed by atoms with Crippen LogP contribution in [0.2, 0.25) is 0 Å².